The third kappa shape index (κ3) is 5.01. The summed E-state index contributed by atoms with van der Waals surface area (Å²) in [5, 5.41) is 0. The van der Waals surface area contributed by atoms with Crippen LogP contribution in [0.3, 0.4) is 0 Å². The van der Waals surface area contributed by atoms with Crippen LogP contribution in [0.5, 0.6) is 0 Å². The lowest BCUT2D eigenvalue weighted by Crippen LogP contribution is -2.43. The summed E-state index contributed by atoms with van der Waals surface area (Å²) in [6.07, 6.45) is 5.98. The lowest BCUT2D eigenvalue weighted by atomic mass is 9.70. The zero-order valence-electron chi connectivity index (χ0n) is 21.0. The van der Waals surface area contributed by atoms with Crippen molar-refractivity contribution in [1.29, 1.82) is 0 Å². The first-order valence-corrected chi connectivity index (χ1v) is 13.7. The second kappa shape index (κ2) is 10.2. The van der Waals surface area contributed by atoms with Crippen molar-refractivity contribution < 1.29 is 27.2 Å². The first kappa shape index (κ1) is 27.0. The first-order chi connectivity index (χ1) is 15.9. The Kier molecular flexibility index (Phi) is 8.07. The normalized spacial score (nSPS) is 29.4. The first-order valence-electron chi connectivity index (χ1n) is 12.1. The molecule has 0 amide bonds. The predicted molar refractivity (Wildman–Crippen MR) is 132 cm³/mol. The average molecular weight is 494 g/mol. The molecule has 0 saturated heterocycles. The molecule has 3 atom stereocenters. The maximum absolute atomic E-state index is 11.9. The number of carbonyl (C=O) groups excluding carboxylic acids is 1. The highest BCUT2D eigenvalue weighted by Crippen LogP contribution is 2.64. The third-order valence-electron chi connectivity index (χ3n) is 8.40. The SMILES string of the molecule is CC1(C)C2CCC1(CS(=O)(=O)O)C(=O)C2.CCCC1=NC(c2ccccc2)C(OC)(OC)CC1. The summed E-state index contributed by atoms with van der Waals surface area (Å²) < 4.78 is 42.4. The van der Waals surface area contributed by atoms with Gasteiger partial charge in [0.25, 0.3) is 10.1 Å². The van der Waals surface area contributed by atoms with E-state index in [4.69, 9.17) is 19.0 Å². The van der Waals surface area contributed by atoms with Gasteiger partial charge in [0.15, 0.2) is 5.79 Å². The Labute approximate surface area is 204 Å². The van der Waals surface area contributed by atoms with Gasteiger partial charge < -0.3 is 9.47 Å². The Morgan fingerprint density at radius 1 is 1.12 bits per heavy atom. The Hall–Kier alpha value is -1.61. The molecule has 2 aliphatic carbocycles. The van der Waals surface area contributed by atoms with E-state index in [1.54, 1.807) is 14.2 Å². The lowest BCUT2D eigenvalue weighted by molar-refractivity contribution is -0.226. The molecule has 0 radical (unpaired) electrons. The fraction of sp³-hybridized carbons (Fsp3) is 0.692. The molecule has 7 nitrogen and oxygen atoms in total. The highest BCUT2D eigenvalue weighted by molar-refractivity contribution is 7.85. The van der Waals surface area contributed by atoms with Gasteiger partial charge in [0.1, 0.15) is 11.8 Å². The molecule has 8 heteroatoms. The summed E-state index contributed by atoms with van der Waals surface area (Å²) in [5.41, 5.74) is 1.31. The largest absolute Gasteiger partial charge is 0.351 e. The minimum Gasteiger partial charge on any atom is -0.351 e. The van der Waals surface area contributed by atoms with E-state index in [1.807, 2.05) is 32.0 Å². The Bertz CT molecular complexity index is 999. The molecule has 3 aliphatic rings. The van der Waals surface area contributed by atoms with Gasteiger partial charge in [-0.15, -0.1) is 0 Å². The van der Waals surface area contributed by atoms with Gasteiger partial charge in [0.05, 0.1) is 11.2 Å². The van der Waals surface area contributed by atoms with Gasteiger partial charge in [0.2, 0.25) is 0 Å². The number of ketones is 1. The summed E-state index contributed by atoms with van der Waals surface area (Å²) in [4.78, 5) is 16.8. The van der Waals surface area contributed by atoms with Crippen molar-refractivity contribution in [3.63, 3.8) is 0 Å². The van der Waals surface area contributed by atoms with Crippen molar-refractivity contribution >= 4 is 21.6 Å². The van der Waals surface area contributed by atoms with Crippen molar-refractivity contribution in [1.82, 2.24) is 0 Å². The number of methoxy groups -OCH3 is 2. The Balaban J connectivity index is 0.000000196. The number of fused-ring (bicyclic) bond motifs is 2. The molecule has 2 bridgehead atoms. The molecule has 0 spiro atoms. The quantitative estimate of drug-likeness (QED) is 0.423. The van der Waals surface area contributed by atoms with Gasteiger partial charge in [-0.05, 0) is 42.6 Å². The molecule has 0 aromatic heterocycles. The fourth-order valence-electron chi connectivity index (χ4n) is 6.17. The van der Waals surface area contributed by atoms with E-state index >= 15 is 0 Å². The molecule has 1 aliphatic heterocycles. The lowest BCUT2D eigenvalue weighted by Gasteiger charge is -2.40. The van der Waals surface area contributed by atoms with E-state index in [1.165, 1.54) is 5.71 Å². The van der Waals surface area contributed by atoms with Crippen LogP contribution in [0.4, 0.5) is 0 Å². The maximum atomic E-state index is 11.9. The van der Waals surface area contributed by atoms with Crippen molar-refractivity contribution in [2.45, 2.75) is 77.5 Å². The summed E-state index contributed by atoms with van der Waals surface area (Å²) in [7, 11) is -0.660. The minimum atomic E-state index is -4.08. The van der Waals surface area contributed by atoms with Gasteiger partial charge in [-0.1, -0.05) is 57.5 Å². The Morgan fingerprint density at radius 3 is 2.24 bits per heavy atom. The summed E-state index contributed by atoms with van der Waals surface area (Å²) in [5.74, 6) is -0.728. The number of carbonyl (C=O) groups is 1. The Morgan fingerprint density at radius 2 is 1.76 bits per heavy atom. The summed E-state index contributed by atoms with van der Waals surface area (Å²) in [6.45, 7) is 6.08. The van der Waals surface area contributed by atoms with E-state index in [2.05, 4.69) is 19.1 Å². The van der Waals surface area contributed by atoms with Crippen molar-refractivity contribution in [2.75, 3.05) is 20.0 Å². The molecular formula is C26H39NO6S. The highest BCUT2D eigenvalue weighted by Gasteiger charge is 2.65. The van der Waals surface area contributed by atoms with E-state index in [0.717, 1.165) is 37.7 Å². The monoisotopic (exact) mass is 493 g/mol. The zero-order chi connectivity index (χ0) is 25.2. The molecule has 34 heavy (non-hydrogen) atoms. The van der Waals surface area contributed by atoms with Crippen LogP contribution in [0.2, 0.25) is 0 Å². The van der Waals surface area contributed by atoms with Crippen LogP contribution in [0, 0.1) is 16.7 Å². The van der Waals surface area contributed by atoms with Gasteiger partial charge >= 0.3 is 0 Å². The number of rotatable bonds is 7. The van der Waals surface area contributed by atoms with Crippen LogP contribution in [-0.2, 0) is 24.4 Å². The van der Waals surface area contributed by atoms with E-state index < -0.39 is 27.1 Å². The van der Waals surface area contributed by atoms with E-state index in [-0.39, 0.29) is 23.2 Å². The zero-order valence-corrected chi connectivity index (χ0v) is 21.9. The molecule has 1 heterocycles. The van der Waals surface area contributed by atoms with Crippen molar-refractivity contribution in [3.8, 4) is 0 Å². The second-order valence-corrected chi connectivity index (χ2v) is 11.8. The summed E-state index contributed by atoms with van der Waals surface area (Å²) >= 11 is 0. The minimum absolute atomic E-state index is 0.0152. The number of aliphatic imine (C=N–C) groups is 1. The van der Waals surface area contributed by atoms with Crippen LogP contribution in [0.1, 0.15) is 77.3 Å². The van der Waals surface area contributed by atoms with Gasteiger partial charge in [-0.3, -0.25) is 14.3 Å². The number of ether oxygens (including phenoxy) is 2. The topological polar surface area (TPSA) is 102 Å². The van der Waals surface area contributed by atoms with Crippen LogP contribution >= 0.6 is 0 Å². The molecular weight excluding hydrogens is 454 g/mol. The van der Waals surface area contributed by atoms with Gasteiger partial charge in [-0.2, -0.15) is 8.42 Å². The van der Waals surface area contributed by atoms with Crippen molar-refractivity contribution in [3.05, 3.63) is 35.9 Å². The molecule has 4 rings (SSSR count). The van der Waals surface area contributed by atoms with Crippen LogP contribution in [-0.4, -0.2) is 50.2 Å². The second-order valence-electron chi connectivity index (χ2n) is 10.4. The molecule has 1 N–H and O–H groups in total. The smallest absolute Gasteiger partial charge is 0.265 e. The molecule has 1 aromatic carbocycles. The van der Waals surface area contributed by atoms with Gasteiger partial charge in [0, 0.05) is 32.8 Å². The van der Waals surface area contributed by atoms with Crippen LogP contribution in [0.25, 0.3) is 0 Å². The number of hydrogen-bond acceptors (Lipinski definition) is 6. The third-order valence-corrected chi connectivity index (χ3v) is 9.26. The molecule has 2 saturated carbocycles. The maximum Gasteiger partial charge on any atom is 0.265 e. The average Bonchev–Trinajstić information content (AvgIpc) is 3.14. The molecule has 190 valence electrons. The van der Waals surface area contributed by atoms with Crippen LogP contribution < -0.4 is 0 Å². The van der Waals surface area contributed by atoms with Crippen LogP contribution in [0.15, 0.2) is 35.3 Å². The molecule has 3 unspecified atom stereocenters. The fourth-order valence-corrected chi connectivity index (χ4v) is 7.47. The number of Topliss-reactive ketones (excluding diaryl/α,β-unsaturated/α-hetero) is 1. The molecule has 2 fully saturated rings. The highest BCUT2D eigenvalue weighted by atomic mass is 32.2. The standard InChI is InChI=1S/C16H23NO2.C10H16O4S/c1-4-8-14-11-12-16(18-2,19-3)15(17-14)13-9-6-5-7-10-13;1-9(2)7-3-4-10(9,8(11)5-7)6-15(12,13)14/h5-7,9-10,15H,4,8,11-12H2,1-3H3;7H,3-6H2,1-2H3,(H,12,13,14). The number of benzene rings is 1. The summed E-state index contributed by atoms with van der Waals surface area (Å²) in [6, 6.07) is 10.2. The molecule has 1 aromatic rings. The number of hydrogen-bond donors (Lipinski definition) is 1. The number of nitrogens with zero attached hydrogens (tertiary/aromatic N) is 1. The van der Waals surface area contributed by atoms with E-state index in [0.29, 0.717) is 12.8 Å². The van der Waals surface area contributed by atoms with Gasteiger partial charge in [-0.25, -0.2) is 0 Å². The predicted octanol–water partition coefficient (Wildman–Crippen LogP) is 5.02. The van der Waals surface area contributed by atoms with Crippen molar-refractivity contribution in [2.24, 2.45) is 21.7 Å². The van der Waals surface area contributed by atoms with E-state index in [9.17, 15) is 13.2 Å².